The van der Waals surface area contributed by atoms with E-state index in [9.17, 15) is 9.18 Å². The number of aliphatic carboxylic acids is 1. The van der Waals surface area contributed by atoms with Gasteiger partial charge in [0, 0.05) is 18.3 Å². The molecule has 0 aliphatic heterocycles. The summed E-state index contributed by atoms with van der Waals surface area (Å²) in [5, 5.41) is 13.1. The van der Waals surface area contributed by atoms with Gasteiger partial charge in [0.15, 0.2) is 0 Å². The van der Waals surface area contributed by atoms with Crippen molar-refractivity contribution < 1.29 is 14.3 Å². The highest BCUT2D eigenvalue weighted by Crippen LogP contribution is 2.11. The third kappa shape index (κ3) is 4.39. The molecule has 5 nitrogen and oxygen atoms in total. The predicted octanol–water partition coefficient (Wildman–Crippen LogP) is 2.31. The fourth-order valence-corrected chi connectivity index (χ4v) is 2.16. The van der Waals surface area contributed by atoms with Gasteiger partial charge in [-0.25, -0.2) is 9.07 Å². The van der Waals surface area contributed by atoms with E-state index in [1.807, 2.05) is 18.0 Å². The number of carbonyl (C=O) groups is 1. The fourth-order valence-electron chi connectivity index (χ4n) is 2.16. The van der Waals surface area contributed by atoms with Gasteiger partial charge in [-0.15, -0.1) is 0 Å². The van der Waals surface area contributed by atoms with Crippen LogP contribution >= 0.6 is 0 Å². The van der Waals surface area contributed by atoms with E-state index in [4.69, 9.17) is 5.11 Å². The molecule has 0 spiro atoms. The number of aromatic nitrogens is 2. The number of hydrogen-bond donors (Lipinski definition) is 1. The molecular weight excluding hydrogens is 273 g/mol. The van der Waals surface area contributed by atoms with Gasteiger partial charge in [0.05, 0.1) is 18.4 Å². The molecule has 2 rings (SSSR count). The van der Waals surface area contributed by atoms with Gasteiger partial charge in [0.1, 0.15) is 5.82 Å². The lowest BCUT2D eigenvalue weighted by molar-refractivity contribution is -0.138. The van der Waals surface area contributed by atoms with Crippen molar-refractivity contribution in [2.75, 3.05) is 13.1 Å². The second kappa shape index (κ2) is 6.99. The van der Waals surface area contributed by atoms with Crippen LogP contribution in [0.15, 0.2) is 36.7 Å². The minimum absolute atomic E-state index is 0.00949. The van der Waals surface area contributed by atoms with E-state index in [2.05, 4.69) is 5.10 Å². The number of carboxylic acid groups (broad SMARTS) is 1. The molecule has 0 unspecified atom stereocenters. The zero-order chi connectivity index (χ0) is 15.2. The molecule has 0 aliphatic carbocycles. The first-order valence-electron chi connectivity index (χ1n) is 6.82. The van der Waals surface area contributed by atoms with Crippen LogP contribution in [0.1, 0.15) is 18.9 Å². The minimum Gasteiger partial charge on any atom is -0.480 e. The van der Waals surface area contributed by atoms with Crippen molar-refractivity contribution >= 4 is 5.97 Å². The van der Waals surface area contributed by atoms with Crippen LogP contribution in [0.2, 0.25) is 0 Å². The van der Waals surface area contributed by atoms with E-state index in [-0.39, 0.29) is 12.4 Å². The number of carboxylic acids is 1. The molecule has 0 saturated carbocycles. The van der Waals surface area contributed by atoms with E-state index in [1.54, 1.807) is 23.0 Å². The van der Waals surface area contributed by atoms with Crippen LogP contribution in [0.4, 0.5) is 4.39 Å². The first kappa shape index (κ1) is 15.2. The molecule has 1 heterocycles. The number of nitrogens with zero attached hydrogens (tertiary/aromatic N) is 3. The lowest BCUT2D eigenvalue weighted by Crippen LogP contribution is -2.29. The summed E-state index contributed by atoms with van der Waals surface area (Å²) in [5.74, 6) is -1.13. The van der Waals surface area contributed by atoms with Gasteiger partial charge in [-0.1, -0.05) is 6.92 Å². The van der Waals surface area contributed by atoms with Crippen molar-refractivity contribution in [3.63, 3.8) is 0 Å². The highest BCUT2D eigenvalue weighted by Gasteiger charge is 2.11. The molecule has 1 aromatic carbocycles. The van der Waals surface area contributed by atoms with Crippen molar-refractivity contribution in [1.29, 1.82) is 0 Å². The monoisotopic (exact) mass is 291 g/mol. The number of benzene rings is 1. The summed E-state index contributed by atoms with van der Waals surface area (Å²) >= 11 is 0. The molecule has 112 valence electrons. The summed E-state index contributed by atoms with van der Waals surface area (Å²) in [7, 11) is 0. The van der Waals surface area contributed by atoms with Crippen LogP contribution in [-0.2, 0) is 11.3 Å². The van der Waals surface area contributed by atoms with Gasteiger partial charge < -0.3 is 5.11 Å². The van der Waals surface area contributed by atoms with E-state index in [0.29, 0.717) is 13.1 Å². The van der Waals surface area contributed by atoms with Crippen LogP contribution in [0.3, 0.4) is 0 Å². The topological polar surface area (TPSA) is 58.4 Å². The maximum Gasteiger partial charge on any atom is 0.317 e. The van der Waals surface area contributed by atoms with Crippen molar-refractivity contribution in [3.05, 3.63) is 48.0 Å². The maximum atomic E-state index is 12.9. The van der Waals surface area contributed by atoms with Gasteiger partial charge in [-0.05, 0) is 37.2 Å². The Hall–Kier alpha value is -2.21. The predicted molar refractivity (Wildman–Crippen MR) is 76.7 cm³/mol. The maximum absolute atomic E-state index is 12.9. The number of halogens is 1. The largest absolute Gasteiger partial charge is 0.480 e. The normalized spacial score (nSPS) is 11.0. The van der Waals surface area contributed by atoms with Crippen molar-refractivity contribution in [2.24, 2.45) is 0 Å². The van der Waals surface area contributed by atoms with Crippen molar-refractivity contribution in [1.82, 2.24) is 14.7 Å². The third-order valence-corrected chi connectivity index (χ3v) is 3.03. The van der Waals surface area contributed by atoms with Gasteiger partial charge in [-0.3, -0.25) is 9.69 Å². The van der Waals surface area contributed by atoms with E-state index >= 15 is 0 Å². The average molecular weight is 291 g/mol. The van der Waals surface area contributed by atoms with Crippen LogP contribution in [0, 0.1) is 5.82 Å². The van der Waals surface area contributed by atoms with E-state index < -0.39 is 5.97 Å². The summed E-state index contributed by atoms with van der Waals surface area (Å²) in [5.41, 5.74) is 1.69. The second-order valence-corrected chi connectivity index (χ2v) is 4.87. The van der Waals surface area contributed by atoms with Crippen molar-refractivity contribution in [3.8, 4) is 5.69 Å². The summed E-state index contributed by atoms with van der Waals surface area (Å²) < 4.78 is 14.5. The van der Waals surface area contributed by atoms with E-state index in [0.717, 1.165) is 17.7 Å². The summed E-state index contributed by atoms with van der Waals surface area (Å²) in [6, 6.07) is 6.05. The SMILES string of the molecule is CCCN(CC(=O)O)Cc1cnn(-c2ccc(F)cc2)c1. The van der Waals surface area contributed by atoms with Crippen LogP contribution in [0.5, 0.6) is 0 Å². The Morgan fingerprint density at radius 2 is 2.10 bits per heavy atom. The minimum atomic E-state index is -0.839. The Balaban J connectivity index is 2.07. The van der Waals surface area contributed by atoms with Crippen LogP contribution in [0.25, 0.3) is 5.69 Å². The zero-order valence-corrected chi connectivity index (χ0v) is 11.9. The van der Waals surface area contributed by atoms with E-state index in [1.165, 1.54) is 12.1 Å². The molecule has 0 fully saturated rings. The van der Waals surface area contributed by atoms with Crippen LogP contribution < -0.4 is 0 Å². The number of rotatable bonds is 7. The molecular formula is C15H18FN3O2. The summed E-state index contributed by atoms with van der Waals surface area (Å²) in [6.45, 7) is 3.27. The number of hydrogen-bond acceptors (Lipinski definition) is 3. The molecule has 0 atom stereocenters. The average Bonchev–Trinajstić information content (AvgIpc) is 2.87. The highest BCUT2D eigenvalue weighted by atomic mass is 19.1. The summed E-state index contributed by atoms with van der Waals surface area (Å²) in [6.07, 6.45) is 4.42. The molecule has 1 aromatic heterocycles. The van der Waals surface area contributed by atoms with Crippen molar-refractivity contribution in [2.45, 2.75) is 19.9 Å². The second-order valence-electron chi connectivity index (χ2n) is 4.87. The quantitative estimate of drug-likeness (QED) is 0.850. The molecule has 0 radical (unpaired) electrons. The van der Waals surface area contributed by atoms with Gasteiger partial charge in [-0.2, -0.15) is 5.10 Å². The molecule has 0 bridgehead atoms. The van der Waals surface area contributed by atoms with Gasteiger partial charge in [0.25, 0.3) is 0 Å². The Labute approximate surface area is 122 Å². The van der Waals surface area contributed by atoms with Gasteiger partial charge in [0.2, 0.25) is 0 Å². The Kier molecular flexibility index (Phi) is 5.05. The van der Waals surface area contributed by atoms with Gasteiger partial charge >= 0.3 is 5.97 Å². The molecule has 2 aromatic rings. The molecule has 0 amide bonds. The first-order valence-corrected chi connectivity index (χ1v) is 6.82. The molecule has 0 aliphatic rings. The molecule has 21 heavy (non-hydrogen) atoms. The molecule has 6 heteroatoms. The first-order chi connectivity index (χ1) is 10.1. The summed E-state index contributed by atoms with van der Waals surface area (Å²) in [4.78, 5) is 12.7. The lowest BCUT2D eigenvalue weighted by atomic mass is 10.3. The Bertz CT molecular complexity index is 595. The standard InChI is InChI=1S/C15H18FN3O2/c1-2-7-18(11-15(20)21)9-12-8-17-19(10-12)14-5-3-13(16)4-6-14/h3-6,8,10H,2,7,9,11H2,1H3,(H,20,21). The lowest BCUT2D eigenvalue weighted by Gasteiger charge is -2.18. The highest BCUT2D eigenvalue weighted by molar-refractivity contribution is 5.69. The zero-order valence-electron chi connectivity index (χ0n) is 11.9. The fraction of sp³-hybridized carbons (Fsp3) is 0.333. The Morgan fingerprint density at radius 1 is 1.38 bits per heavy atom. The molecule has 0 saturated heterocycles. The smallest absolute Gasteiger partial charge is 0.317 e. The van der Waals surface area contributed by atoms with Crippen LogP contribution in [-0.4, -0.2) is 38.8 Å². The Morgan fingerprint density at radius 3 is 2.71 bits per heavy atom. The molecule has 1 N–H and O–H groups in total. The third-order valence-electron chi connectivity index (χ3n) is 3.03.